The molecule has 3 saturated heterocycles. The molecule has 0 aliphatic carbocycles. The van der Waals surface area contributed by atoms with E-state index < -0.39 is 0 Å². The van der Waals surface area contributed by atoms with E-state index in [2.05, 4.69) is 9.80 Å². The predicted octanol–water partition coefficient (Wildman–Crippen LogP) is 2.95. The second-order valence-corrected chi connectivity index (χ2v) is 8.27. The van der Waals surface area contributed by atoms with Gasteiger partial charge in [0.1, 0.15) is 5.75 Å². The third-order valence-electron chi connectivity index (χ3n) is 6.46. The number of likely N-dealkylation sites (tertiary alicyclic amines) is 2. The normalized spacial score (nSPS) is 27.4. The summed E-state index contributed by atoms with van der Waals surface area (Å²) < 4.78 is 11.3. The standard InChI is InChI=1S/C22H32N2O3/c25-21-22(10-4-13-24(21)19-8-16-26-17-9-19)11-14-23(18-22)12-5-15-27-20-6-2-1-3-7-20/h1-3,6-7,19H,4-5,8-18H2. The number of carbonyl (C=O) groups is 1. The van der Waals surface area contributed by atoms with Crippen LogP contribution >= 0.6 is 0 Å². The van der Waals surface area contributed by atoms with Crippen LogP contribution in [-0.4, -0.2) is 67.7 Å². The van der Waals surface area contributed by atoms with E-state index in [1.54, 1.807) is 0 Å². The Balaban J connectivity index is 1.26. The molecule has 0 N–H and O–H groups in total. The SMILES string of the molecule is O=C1N(C2CCOCC2)CCCC12CCN(CCCOc1ccccc1)C2. The first kappa shape index (κ1) is 18.8. The average Bonchev–Trinajstić information content (AvgIpc) is 3.13. The van der Waals surface area contributed by atoms with Crippen LogP contribution in [0.4, 0.5) is 0 Å². The van der Waals surface area contributed by atoms with E-state index in [4.69, 9.17) is 9.47 Å². The fourth-order valence-corrected chi connectivity index (χ4v) is 4.97. The molecule has 0 radical (unpaired) electrons. The lowest BCUT2D eigenvalue weighted by Crippen LogP contribution is -2.54. The van der Waals surface area contributed by atoms with Crippen molar-refractivity contribution in [3.8, 4) is 5.75 Å². The van der Waals surface area contributed by atoms with Gasteiger partial charge in [-0.05, 0) is 57.2 Å². The van der Waals surface area contributed by atoms with Gasteiger partial charge in [0.25, 0.3) is 0 Å². The summed E-state index contributed by atoms with van der Waals surface area (Å²) in [4.78, 5) is 18.0. The summed E-state index contributed by atoms with van der Waals surface area (Å²) in [6, 6.07) is 10.4. The molecule has 1 spiro atoms. The number of hydrogen-bond acceptors (Lipinski definition) is 4. The third kappa shape index (κ3) is 4.30. The highest BCUT2D eigenvalue weighted by Crippen LogP contribution is 2.41. The number of amides is 1. The monoisotopic (exact) mass is 372 g/mol. The quantitative estimate of drug-likeness (QED) is 0.720. The van der Waals surface area contributed by atoms with E-state index in [-0.39, 0.29) is 5.41 Å². The van der Waals surface area contributed by atoms with Crippen LogP contribution in [0.15, 0.2) is 30.3 Å². The Morgan fingerprint density at radius 3 is 2.74 bits per heavy atom. The minimum Gasteiger partial charge on any atom is -0.494 e. The summed E-state index contributed by atoms with van der Waals surface area (Å²) in [6.45, 7) is 6.25. The van der Waals surface area contributed by atoms with Crippen molar-refractivity contribution in [3.05, 3.63) is 30.3 Å². The van der Waals surface area contributed by atoms with Gasteiger partial charge in [0.2, 0.25) is 5.91 Å². The molecule has 3 fully saturated rings. The number of para-hydroxylation sites is 1. The first-order chi connectivity index (χ1) is 13.3. The Bertz CT molecular complexity index is 617. The van der Waals surface area contributed by atoms with Crippen molar-refractivity contribution in [3.63, 3.8) is 0 Å². The minimum absolute atomic E-state index is 0.128. The average molecular weight is 373 g/mol. The lowest BCUT2D eigenvalue weighted by molar-refractivity contribution is -0.150. The van der Waals surface area contributed by atoms with Gasteiger partial charge in [0.05, 0.1) is 12.0 Å². The van der Waals surface area contributed by atoms with E-state index in [9.17, 15) is 4.79 Å². The molecule has 3 heterocycles. The summed E-state index contributed by atoms with van der Waals surface area (Å²) in [7, 11) is 0. The maximum Gasteiger partial charge on any atom is 0.230 e. The molecule has 0 saturated carbocycles. The molecule has 1 aromatic rings. The Kier molecular flexibility index (Phi) is 5.98. The maximum atomic E-state index is 13.3. The molecular formula is C22H32N2O3. The van der Waals surface area contributed by atoms with E-state index >= 15 is 0 Å². The number of benzene rings is 1. The first-order valence-corrected chi connectivity index (χ1v) is 10.6. The van der Waals surface area contributed by atoms with Gasteiger partial charge in [-0.15, -0.1) is 0 Å². The highest BCUT2D eigenvalue weighted by Gasteiger charge is 2.49. The Morgan fingerprint density at radius 2 is 1.93 bits per heavy atom. The largest absolute Gasteiger partial charge is 0.494 e. The summed E-state index contributed by atoms with van der Waals surface area (Å²) >= 11 is 0. The molecule has 5 heteroatoms. The molecule has 1 unspecified atom stereocenters. The number of carbonyl (C=O) groups excluding carboxylic acids is 1. The number of rotatable bonds is 6. The van der Waals surface area contributed by atoms with E-state index in [0.717, 1.165) is 90.3 Å². The van der Waals surface area contributed by atoms with Crippen molar-refractivity contribution in [1.29, 1.82) is 0 Å². The van der Waals surface area contributed by atoms with Crippen LogP contribution in [0.3, 0.4) is 0 Å². The zero-order chi connectivity index (χ0) is 18.5. The number of piperidine rings is 1. The van der Waals surface area contributed by atoms with Crippen molar-refractivity contribution < 1.29 is 14.3 Å². The zero-order valence-corrected chi connectivity index (χ0v) is 16.3. The van der Waals surface area contributed by atoms with Gasteiger partial charge in [0.15, 0.2) is 0 Å². The van der Waals surface area contributed by atoms with Gasteiger partial charge in [-0.3, -0.25) is 4.79 Å². The number of hydrogen-bond donors (Lipinski definition) is 0. The highest BCUT2D eigenvalue weighted by molar-refractivity contribution is 5.84. The van der Waals surface area contributed by atoms with Gasteiger partial charge in [-0.25, -0.2) is 0 Å². The van der Waals surface area contributed by atoms with Crippen molar-refractivity contribution in [2.45, 2.75) is 44.6 Å². The van der Waals surface area contributed by atoms with Crippen LogP contribution in [0.2, 0.25) is 0 Å². The van der Waals surface area contributed by atoms with Gasteiger partial charge < -0.3 is 19.3 Å². The van der Waals surface area contributed by atoms with Crippen molar-refractivity contribution >= 4 is 5.91 Å². The zero-order valence-electron chi connectivity index (χ0n) is 16.3. The molecule has 0 bridgehead atoms. The molecule has 148 valence electrons. The molecule has 27 heavy (non-hydrogen) atoms. The van der Waals surface area contributed by atoms with Gasteiger partial charge >= 0.3 is 0 Å². The smallest absolute Gasteiger partial charge is 0.230 e. The van der Waals surface area contributed by atoms with Crippen molar-refractivity contribution in [2.75, 3.05) is 46.0 Å². The number of nitrogens with zero attached hydrogens (tertiary/aromatic N) is 2. The van der Waals surface area contributed by atoms with Crippen molar-refractivity contribution in [2.24, 2.45) is 5.41 Å². The summed E-state index contributed by atoms with van der Waals surface area (Å²) in [5, 5.41) is 0. The van der Waals surface area contributed by atoms with E-state index in [1.165, 1.54) is 0 Å². The lowest BCUT2D eigenvalue weighted by Gasteiger charge is -2.44. The fourth-order valence-electron chi connectivity index (χ4n) is 4.97. The third-order valence-corrected chi connectivity index (χ3v) is 6.46. The Hall–Kier alpha value is -1.59. The van der Waals surface area contributed by atoms with E-state index in [0.29, 0.717) is 11.9 Å². The molecule has 1 amide bonds. The summed E-state index contributed by atoms with van der Waals surface area (Å²) in [5.41, 5.74) is -0.128. The van der Waals surface area contributed by atoms with Crippen LogP contribution < -0.4 is 4.74 Å². The molecular weight excluding hydrogens is 340 g/mol. The van der Waals surface area contributed by atoms with Crippen LogP contribution in [-0.2, 0) is 9.53 Å². The molecule has 1 atom stereocenters. The second kappa shape index (κ2) is 8.61. The van der Waals surface area contributed by atoms with Crippen LogP contribution in [0, 0.1) is 5.41 Å². The molecule has 1 aromatic carbocycles. The van der Waals surface area contributed by atoms with E-state index in [1.807, 2.05) is 30.3 Å². The Morgan fingerprint density at radius 1 is 1.11 bits per heavy atom. The van der Waals surface area contributed by atoms with Crippen LogP contribution in [0.25, 0.3) is 0 Å². The summed E-state index contributed by atoms with van der Waals surface area (Å²) in [6.07, 6.45) is 6.23. The van der Waals surface area contributed by atoms with Gasteiger partial charge in [-0.1, -0.05) is 18.2 Å². The minimum atomic E-state index is -0.128. The summed E-state index contributed by atoms with van der Waals surface area (Å²) in [5.74, 6) is 1.36. The maximum absolute atomic E-state index is 13.3. The van der Waals surface area contributed by atoms with Crippen LogP contribution in [0.5, 0.6) is 5.75 Å². The molecule has 0 aromatic heterocycles. The van der Waals surface area contributed by atoms with Gasteiger partial charge in [-0.2, -0.15) is 0 Å². The highest BCUT2D eigenvalue weighted by atomic mass is 16.5. The first-order valence-electron chi connectivity index (χ1n) is 10.6. The molecule has 4 rings (SSSR count). The molecule has 5 nitrogen and oxygen atoms in total. The lowest BCUT2D eigenvalue weighted by atomic mass is 9.77. The molecule has 3 aliphatic rings. The van der Waals surface area contributed by atoms with Crippen molar-refractivity contribution in [1.82, 2.24) is 9.80 Å². The fraction of sp³-hybridized carbons (Fsp3) is 0.682. The van der Waals surface area contributed by atoms with Crippen LogP contribution in [0.1, 0.15) is 38.5 Å². The van der Waals surface area contributed by atoms with Gasteiger partial charge in [0, 0.05) is 38.9 Å². The number of ether oxygens (including phenoxy) is 2. The molecule has 3 aliphatic heterocycles. The Labute approximate surface area is 162 Å². The predicted molar refractivity (Wildman–Crippen MR) is 105 cm³/mol. The second-order valence-electron chi connectivity index (χ2n) is 8.27. The topological polar surface area (TPSA) is 42.0 Å².